The Labute approximate surface area is 105 Å². The van der Waals surface area contributed by atoms with E-state index in [0.29, 0.717) is 0 Å². The molecule has 1 aromatic heterocycles. The number of aromatic nitrogens is 2. The summed E-state index contributed by atoms with van der Waals surface area (Å²) in [5, 5.41) is 2.81. The SMILES string of the molecule is Cc1nc2ccccc2n1CCN1CCNC1=O. The van der Waals surface area contributed by atoms with E-state index in [2.05, 4.69) is 20.9 Å². The van der Waals surface area contributed by atoms with Gasteiger partial charge in [-0.3, -0.25) is 0 Å². The molecule has 2 amide bonds. The molecular weight excluding hydrogens is 228 g/mol. The lowest BCUT2D eigenvalue weighted by Gasteiger charge is -2.15. The molecule has 3 rings (SSSR count). The van der Waals surface area contributed by atoms with Gasteiger partial charge in [0, 0.05) is 26.2 Å². The summed E-state index contributed by atoms with van der Waals surface area (Å²) in [6.45, 7) is 5.07. The summed E-state index contributed by atoms with van der Waals surface area (Å²) in [6.07, 6.45) is 0. The highest BCUT2D eigenvalue weighted by molar-refractivity contribution is 5.77. The third-order valence-electron chi connectivity index (χ3n) is 3.38. The average Bonchev–Trinajstić information content (AvgIpc) is 2.90. The Morgan fingerprint density at radius 3 is 2.94 bits per heavy atom. The zero-order valence-corrected chi connectivity index (χ0v) is 10.4. The molecule has 1 aliphatic heterocycles. The molecule has 18 heavy (non-hydrogen) atoms. The number of amides is 2. The Morgan fingerprint density at radius 1 is 1.33 bits per heavy atom. The van der Waals surface area contributed by atoms with E-state index >= 15 is 0 Å². The van der Waals surface area contributed by atoms with Crippen molar-refractivity contribution in [2.24, 2.45) is 0 Å². The number of nitrogens with one attached hydrogen (secondary N) is 1. The van der Waals surface area contributed by atoms with E-state index < -0.39 is 0 Å². The van der Waals surface area contributed by atoms with Gasteiger partial charge in [0.1, 0.15) is 5.82 Å². The van der Waals surface area contributed by atoms with Crippen molar-refractivity contribution in [3.8, 4) is 0 Å². The van der Waals surface area contributed by atoms with Crippen LogP contribution >= 0.6 is 0 Å². The highest BCUT2D eigenvalue weighted by Crippen LogP contribution is 2.15. The number of para-hydroxylation sites is 2. The highest BCUT2D eigenvalue weighted by Gasteiger charge is 2.19. The largest absolute Gasteiger partial charge is 0.336 e. The van der Waals surface area contributed by atoms with Crippen molar-refractivity contribution in [2.75, 3.05) is 19.6 Å². The van der Waals surface area contributed by atoms with E-state index in [0.717, 1.165) is 43.0 Å². The monoisotopic (exact) mass is 244 g/mol. The molecule has 1 aliphatic rings. The topological polar surface area (TPSA) is 50.2 Å². The number of urea groups is 1. The first kappa shape index (κ1) is 11.1. The molecule has 1 fully saturated rings. The molecule has 1 aromatic carbocycles. The lowest BCUT2D eigenvalue weighted by Crippen LogP contribution is -2.31. The van der Waals surface area contributed by atoms with Crippen molar-refractivity contribution in [1.29, 1.82) is 0 Å². The molecule has 0 bridgehead atoms. The summed E-state index contributed by atoms with van der Waals surface area (Å²) >= 11 is 0. The molecule has 0 radical (unpaired) electrons. The zero-order chi connectivity index (χ0) is 12.5. The maximum Gasteiger partial charge on any atom is 0.317 e. The molecule has 0 unspecified atom stereocenters. The third kappa shape index (κ3) is 1.81. The first-order valence-corrected chi connectivity index (χ1v) is 6.20. The molecule has 0 spiro atoms. The van der Waals surface area contributed by atoms with Gasteiger partial charge in [0.05, 0.1) is 11.0 Å². The number of carbonyl (C=O) groups excluding carboxylic acids is 1. The van der Waals surface area contributed by atoms with Crippen molar-refractivity contribution in [2.45, 2.75) is 13.5 Å². The Hall–Kier alpha value is -2.04. The van der Waals surface area contributed by atoms with E-state index in [1.807, 2.05) is 30.0 Å². The lowest BCUT2D eigenvalue weighted by molar-refractivity contribution is 0.215. The zero-order valence-electron chi connectivity index (χ0n) is 10.4. The van der Waals surface area contributed by atoms with Gasteiger partial charge < -0.3 is 14.8 Å². The molecular formula is C13H16N4O. The predicted molar refractivity (Wildman–Crippen MR) is 69.4 cm³/mol. The average molecular weight is 244 g/mol. The van der Waals surface area contributed by atoms with Crippen LogP contribution in [0.5, 0.6) is 0 Å². The van der Waals surface area contributed by atoms with E-state index in [-0.39, 0.29) is 6.03 Å². The van der Waals surface area contributed by atoms with E-state index in [1.54, 1.807) is 0 Å². The lowest BCUT2D eigenvalue weighted by atomic mass is 10.3. The van der Waals surface area contributed by atoms with E-state index in [4.69, 9.17) is 0 Å². The fourth-order valence-electron chi connectivity index (χ4n) is 2.42. The van der Waals surface area contributed by atoms with Crippen LogP contribution in [0.2, 0.25) is 0 Å². The standard InChI is InChI=1S/C13H16N4O/c1-10-15-11-4-2-3-5-12(11)17(10)9-8-16-7-6-14-13(16)18/h2-5H,6-9H2,1H3,(H,14,18). The summed E-state index contributed by atoms with van der Waals surface area (Å²) in [7, 11) is 0. The number of hydrogen-bond donors (Lipinski definition) is 1. The number of hydrogen-bond acceptors (Lipinski definition) is 2. The van der Waals surface area contributed by atoms with Gasteiger partial charge >= 0.3 is 6.03 Å². The van der Waals surface area contributed by atoms with E-state index in [1.165, 1.54) is 0 Å². The van der Waals surface area contributed by atoms with Crippen LogP contribution in [-0.4, -0.2) is 40.1 Å². The number of imidazole rings is 1. The molecule has 2 aromatic rings. The van der Waals surface area contributed by atoms with Gasteiger partial charge in [0.15, 0.2) is 0 Å². The van der Waals surface area contributed by atoms with Crippen molar-refractivity contribution in [1.82, 2.24) is 19.8 Å². The summed E-state index contributed by atoms with van der Waals surface area (Å²) < 4.78 is 2.17. The minimum absolute atomic E-state index is 0.0390. The summed E-state index contributed by atoms with van der Waals surface area (Å²) in [6, 6.07) is 8.13. The first-order chi connectivity index (χ1) is 8.75. The Kier molecular flexibility index (Phi) is 2.66. The second-order valence-corrected chi connectivity index (χ2v) is 4.52. The van der Waals surface area contributed by atoms with Gasteiger partial charge in [-0.25, -0.2) is 9.78 Å². The summed E-state index contributed by atoms with van der Waals surface area (Å²) in [5.41, 5.74) is 2.15. The maximum absolute atomic E-state index is 11.5. The van der Waals surface area contributed by atoms with Crippen LogP contribution in [0.25, 0.3) is 11.0 Å². The molecule has 1 N–H and O–H groups in total. The van der Waals surface area contributed by atoms with Crippen molar-refractivity contribution in [3.05, 3.63) is 30.1 Å². The number of nitrogens with zero attached hydrogens (tertiary/aromatic N) is 3. The Morgan fingerprint density at radius 2 is 2.17 bits per heavy atom. The van der Waals surface area contributed by atoms with Gasteiger partial charge in [-0.2, -0.15) is 0 Å². The molecule has 2 heterocycles. The minimum atomic E-state index is 0.0390. The van der Waals surface area contributed by atoms with Crippen LogP contribution in [0, 0.1) is 6.92 Å². The van der Waals surface area contributed by atoms with Crippen molar-refractivity contribution < 1.29 is 4.79 Å². The summed E-state index contributed by atoms with van der Waals surface area (Å²) in [5.74, 6) is 0.996. The number of carbonyl (C=O) groups is 1. The number of rotatable bonds is 3. The molecule has 1 saturated heterocycles. The normalized spacial score (nSPS) is 15.4. The molecule has 5 nitrogen and oxygen atoms in total. The van der Waals surface area contributed by atoms with Crippen LogP contribution < -0.4 is 5.32 Å². The number of benzene rings is 1. The summed E-state index contributed by atoms with van der Waals surface area (Å²) in [4.78, 5) is 17.8. The third-order valence-corrected chi connectivity index (χ3v) is 3.38. The van der Waals surface area contributed by atoms with Gasteiger partial charge in [0.2, 0.25) is 0 Å². The second kappa shape index (κ2) is 4.33. The fourth-order valence-corrected chi connectivity index (χ4v) is 2.42. The maximum atomic E-state index is 11.5. The predicted octanol–water partition coefficient (Wildman–Crippen LogP) is 1.37. The smallest absolute Gasteiger partial charge is 0.317 e. The fraction of sp³-hybridized carbons (Fsp3) is 0.385. The minimum Gasteiger partial charge on any atom is -0.336 e. The van der Waals surface area contributed by atoms with Crippen LogP contribution in [0.3, 0.4) is 0 Å². The van der Waals surface area contributed by atoms with Gasteiger partial charge in [-0.05, 0) is 19.1 Å². The quantitative estimate of drug-likeness (QED) is 0.886. The van der Waals surface area contributed by atoms with Crippen LogP contribution in [0.1, 0.15) is 5.82 Å². The van der Waals surface area contributed by atoms with Crippen LogP contribution in [-0.2, 0) is 6.54 Å². The van der Waals surface area contributed by atoms with Crippen LogP contribution in [0.4, 0.5) is 4.79 Å². The second-order valence-electron chi connectivity index (χ2n) is 4.52. The van der Waals surface area contributed by atoms with Gasteiger partial charge in [0.25, 0.3) is 0 Å². The molecule has 94 valence electrons. The van der Waals surface area contributed by atoms with Crippen LogP contribution in [0.15, 0.2) is 24.3 Å². The van der Waals surface area contributed by atoms with Gasteiger partial charge in [-0.15, -0.1) is 0 Å². The Balaban J connectivity index is 1.82. The molecule has 0 saturated carbocycles. The molecule has 5 heteroatoms. The highest BCUT2D eigenvalue weighted by atomic mass is 16.2. The van der Waals surface area contributed by atoms with E-state index in [9.17, 15) is 4.79 Å². The number of aryl methyl sites for hydroxylation is 1. The first-order valence-electron chi connectivity index (χ1n) is 6.20. The number of fused-ring (bicyclic) bond motifs is 1. The van der Waals surface area contributed by atoms with Crippen molar-refractivity contribution >= 4 is 17.1 Å². The van der Waals surface area contributed by atoms with Crippen molar-refractivity contribution in [3.63, 3.8) is 0 Å². The Bertz CT molecular complexity index is 590. The molecule has 0 aliphatic carbocycles. The van der Waals surface area contributed by atoms with Gasteiger partial charge in [-0.1, -0.05) is 12.1 Å². The molecule has 0 atom stereocenters.